The van der Waals surface area contributed by atoms with Gasteiger partial charge in [0.1, 0.15) is 4.32 Å². The Labute approximate surface area is 177 Å². The van der Waals surface area contributed by atoms with Gasteiger partial charge in [-0.1, -0.05) is 24.0 Å². The lowest BCUT2D eigenvalue weighted by molar-refractivity contribution is -0.128. The summed E-state index contributed by atoms with van der Waals surface area (Å²) in [5, 5.41) is 0. The van der Waals surface area contributed by atoms with E-state index in [4.69, 9.17) is 26.4 Å². The molecule has 0 atom stereocenters. The third-order valence-electron chi connectivity index (χ3n) is 3.80. The first-order chi connectivity index (χ1) is 13.8. The van der Waals surface area contributed by atoms with Crippen LogP contribution in [-0.2, 0) is 14.4 Å². The van der Waals surface area contributed by atoms with Crippen LogP contribution < -0.4 is 25.1 Å². The van der Waals surface area contributed by atoms with E-state index in [0.29, 0.717) is 32.0 Å². The molecule has 0 unspecified atom stereocenters. The molecule has 3 amide bonds. The first-order valence-electron chi connectivity index (χ1n) is 8.41. The highest BCUT2D eigenvalue weighted by Crippen LogP contribution is 2.40. The van der Waals surface area contributed by atoms with Gasteiger partial charge in [-0.2, -0.15) is 0 Å². The minimum atomic E-state index is -0.428. The highest BCUT2D eigenvalue weighted by atomic mass is 32.2. The number of carbonyl (C=O) groups excluding carboxylic acids is 3. The molecule has 2 rings (SSSR count). The average molecular weight is 440 g/mol. The van der Waals surface area contributed by atoms with Crippen molar-refractivity contribution in [1.29, 1.82) is 0 Å². The Morgan fingerprint density at radius 1 is 1.14 bits per heavy atom. The summed E-state index contributed by atoms with van der Waals surface area (Å²) in [4.78, 5) is 37.0. The van der Waals surface area contributed by atoms with Crippen LogP contribution in [0.2, 0.25) is 0 Å². The van der Waals surface area contributed by atoms with Crippen molar-refractivity contribution < 1.29 is 28.6 Å². The highest BCUT2D eigenvalue weighted by Gasteiger charge is 2.32. The summed E-state index contributed by atoms with van der Waals surface area (Å²) in [7, 11) is 4.52. The van der Waals surface area contributed by atoms with Crippen molar-refractivity contribution >= 4 is 52.1 Å². The quantitative estimate of drug-likeness (QED) is 0.374. The van der Waals surface area contributed by atoms with Gasteiger partial charge in [-0.05, 0) is 23.8 Å². The normalized spacial score (nSPS) is 14.8. The minimum absolute atomic E-state index is 0.00974. The molecule has 29 heavy (non-hydrogen) atoms. The van der Waals surface area contributed by atoms with Crippen molar-refractivity contribution in [3.63, 3.8) is 0 Å². The highest BCUT2D eigenvalue weighted by molar-refractivity contribution is 8.26. The van der Waals surface area contributed by atoms with Gasteiger partial charge in [0.25, 0.3) is 5.91 Å². The van der Waals surface area contributed by atoms with E-state index in [0.717, 1.165) is 11.8 Å². The Balaban J connectivity index is 2.15. The van der Waals surface area contributed by atoms with Gasteiger partial charge in [0.15, 0.2) is 11.5 Å². The summed E-state index contributed by atoms with van der Waals surface area (Å²) in [6, 6.07) is 3.43. The molecule has 0 bridgehead atoms. The number of thiocarbonyl (C=S) groups is 1. The standard InChI is InChI=1S/C18H21N3O6S2/c1-10(22)19-20-15(23)5-6-21-17(24)14(29-18(21)28)9-11-7-12(25-2)16(27-4)13(8-11)26-3/h7-9H,5-6H2,1-4H3,(H,19,22)(H,20,23)/b14-9-. The molecule has 9 nitrogen and oxygen atoms in total. The van der Waals surface area contributed by atoms with Crippen LogP contribution in [0, 0.1) is 0 Å². The number of hydrogen-bond acceptors (Lipinski definition) is 8. The van der Waals surface area contributed by atoms with Crippen LogP contribution in [0.3, 0.4) is 0 Å². The zero-order valence-corrected chi connectivity index (χ0v) is 18.0. The molecule has 0 aromatic heterocycles. The van der Waals surface area contributed by atoms with E-state index in [-0.39, 0.29) is 18.9 Å². The average Bonchev–Trinajstić information content (AvgIpc) is 2.96. The monoisotopic (exact) mass is 439 g/mol. The van der Waals surface area contributed by atoms with Crippen molar-refractivity contribution in [2.75, 3.05) is 27.9 Å². The van der Waals surface area contributed by atoms with Gasteiger partial charge < -0.3 is 14.2 Å². The van der Waals surface area contributed by atoms with Crippen LogP contribution in [0.4, 0.5) is 0 Å². The summed E-state index contributed by atoms with van der Waals surface area (Å²) in [6.45, 7) is 1.37. The second-order valence-electron chi connectivity index (χ2n) is 5.77. The SMILES string of the molecule is COc1cc(/C=C2\SC(=S)N(CCC(=O)NNC(C)=O)C2=O)cc(OC)c1OC. The third-order valence-corrected chi connectivity index (χ3v) is 5.18. The van der Waals surface area contributed by atoms with Gasteiger partial charge in [-0.25, -0.2) is 0 Å². The second-order valence-corrected chi connectivity index (χ2v) is 7.45. The molecule has 156 valence electrons. The summed E-state index contributed by atoms with van der Waals surface area (Å²) in [6.07, 6.45) is 1.66. The lowest BCUT2D eigenvalue weighted by atomic mass is 10.1. The van der Waals surface area contributed by atoms with Crippen LogP contribution in [-0.4, -0.2) is 54.8 Å². The number of hydrazine groups is 1. The van der Waals surface area contributed by atoms with Crippen molar-refractivity contribution in [2.24, 2.45) is 0 Å². The largest absolute Gasteiger partial charge is 0.493 e. The molecule has 1 aromatic rings. The van der Waals surface area contributed by atoms with E-state index in [9.17, 15) is 14.4 Å². The first-order valence-corrected chi connectivity index (χ1v) is 9.64. The fourth-order valence-electron chi connectivity index (χ4n) is 2.46. The molecule has 1 saturated heterocycles. The summed E-state index contributed by atoms with van der Waals surface area (Å²) in [5.74, 6) is 0.248. The molecule has 1 aromatic carbocycles. The maximum atomic E-state index is 12.7. The van der Waals surface area contributed by atoms with Crippen LogP contribution in [0.1, 0.15) is 18.9 Å². The summed E-state index contributed by atoms with van der Waals surface area (Å²) >= 11 is 6.40. The number of benzene rings is 1. The molecular formula is C18H21N3O6S2. The first kappa shape index (κ1) is 22.5. The number of nitrogens with one attached hydrogen (secondary N) is 2. The van der Waals surface area contributed by atoms with E-state index < -0.39 is 11.8 Å². The second kappa shape index (κ2) is 10.1. The van der Waals surface area contributed by atoms with Crippen molar-refractivity contribution in [3.8, 4) is 17.2 Å². The van der Waals surface area contributed by atoms with Gasteiger partial charge in [-0.15, -0.1) is 0 Å². The van der Waals surface area contributed by atoms with E-state index in [2.05, 4.69) is 10.9 Å². The van der Waals surface area contributed by atoms with Crippen LogP contribution >= 0.6 is 24.0 Å². The lowest BCUT2D eigenvalue weighted by Gasteiger charge is -2.14. The molecule has 1 aliphatic heterocycles. The van der Waals surface area contributed by atoms with Crippen LogP contribution in [0.5, 0.6) is 17.2 Å². The zero-order valence-electron chi connectivity index (χ0n) is 16.4. The van der Waals surface area contributed by atoms with E-state index in [1.165, 1.54) is 33.2 Å². The topological polar surface area (TPSA) is 106 Å². The summed E-state index contributed by atoms with van der Waals surface area (Å²) in [5.41, 5.74) is 5.10. The molecule has 1 heterocycles. The molecule has 11 heteroatoms. The number of methoxy groups -OCH3 is 3. The number of thioether (sulfide) groups is 1. The molecule has 2 N–H and O–H groups in total. The predicted molar refractivity (Wildman–Crippen MR) is 113 cm³/mol. The lowest BCUT2D eigenvalue weighted by Crippen LogP contribution is -2.42. The number of rotatable bonds is 7. The third kappa shape index (κ3) is 5.61. The molecule has 1 fully saturated rings. The maximum Gasteiger partial charge on any atom is 0.266 e. The Morgan fingerprint density at radius 2 is 1.76 bits per heavy atom. The van der Waals surface area contributed by atoms with Crippen LogP contribution in [0.25, 0.3) is 6.08 Å². The maximum absolute atomic E-state index is 12.7. The Bertz CT molecular complexity index is 846. The van der Waals surface area contributed by atoms with Gasteiger partial charge in [-0.3, -0.25) is 30.1 Å². The molecule has 0 spiro atoms. The fourth-order valence-corrected chi connectivity index (χ4v) is 3.77. The number of ether oxygens (including phenoxy) is 3. The van der Waals surface area contributed by atoms with E-state index in [1.54, 1.807) is 18.2 Å². The van der Waals surface area contributed by atoms with Gasteiger partial charge in [0.2, 0.25) is 17.6 Å². The van der Waals surface area contributed by atoms with E-state index >= 15 is 0 Å². The Morgan fingerprint density at radius 3 is 2.28 bits per heavy atom. The number of carbonyl (C=O) groups is 3. The summed E-state index contributed by atoms with van der Waals surface area (Å²) < 4.78 is 16.3. The zero-order chi connectivity index (χ0) is 21.6. The number of amides is 3. The van der Waals surface area contributed by atoms with Gasteiger partial charge in [0.05, 0.1) is 26.2 Å². The van der Waals surface area contributed by atoms with Gasteiger partial charge >= 0.3 is 0 Å². The smallest absolute Gasteiger partial charge is 0.266 e. The molecule has 0 saturated carbocycles. The molecule has 0 aliphatic carbocycles. The molecular weight excluding hydrogens is 418 g/mol. The predicted octanol–water partition coefficient (Wildman–Crippen LogP) is 1.47. The van der Waals surface area contributed by atoms with Crippen molar-refractivity contribution in [2.45, 2.75) is 13.3 Å². The number of nitrogens with zero attached hydrogens (tertiary/aromatic N) is 1. The van der Waals surface area contributed by atoms with Gasteiger partial charge in [0, 0.05) is 19.9 Å². The molecule has 1 aliphatic rings. The Kier molecular flexibility index (Phi) is 7.85. The molecule has 0 radical (unpaired) electrons. The van der Waals surface area contributed by atoms with Crippen molar-refractivity contribution in [3.05, 3.63) is 22.6 Å². The van der Waals surface area contributed by atoms with Crippen LogP contribution in [0.15, 0.2) is 17.0 Å². The van der Waals surface area contributed by atoms with E-state index in [1.807, 2.05) is 0 Å². The Hall–Kier alpha value is -2.79. The fraction of sp³-hybridized carbons (Fsp3) is 0.333. The minimum Gasteiger partial charge on any atom is -0.493 e. The van der Waals surface area contributed by atoms with Crippen molar-refractivity contribution in [1.82, 2.24) is 15.8 Å². The number of hydrogen-bond donors (Lipinski definition) is 2.